The van der Waals surface area contributed by atoms with E-state index in [9.17, 15) is 4.79 Å². The molecule has 0 saturated heterocycles. The average Bonchev–Trinajstić information content (AvgIpc) is 2.96. The Morgan fingerprint density at radius 1 is 1.17 bits per heavy atom. The molecule has 0 aliphatic rings. The molecular weight excluding hydrogens is 326 g/mol. The molecular formula is C18H16ClN3O2. The minimum atomic E-state index is -0.252. The zero-order valence-electron chi connectivity index (χ0n) is 13.3. The highest BCUT2D eigenvalue weighted by Crippen LogP contribution is 2.24. The van der Waals surface area contributed by atoms with E-state index in [0.29, 0.717) is 22.2 Å². The third kappa shape index (κ3) is 3.26. The summed E-state index contributed by atoms with van der Waals surface area (Å²) in [5.74, 6) is 0.865. The third-order valence-corrected chi connectivity index (χ3v) is 3.86. The van der Waals surface area contributed by atoms with Gasteiger partial charge in [0, 0.05) is 23.7 Å². The molecule has 1 aromatic heterocycles. The topological polar surface area (TPSA) is 56.1 Å². The molecule has 0 spiro atoms. The van der Waals surface area contributed by atoms with Crippen LogP contribution in [-0.2, 0) is 7.05 Å². The van der Waals surface area contributed by atoms with Crippen molar-refractivity contribution in [2.45, 2.75) is 0 Å². The van der Waals surface area contributed by atoms with Crippen molar-refractivity contribution in [2.75, 3.05) is 12.4 Å². The van der Waals surface area contributed by atoms with Gasteiger partial charge in [0.05, 0.1) is 18.4 Å². The number of ether oxygens (including phenoxy) is 1. The van der Waals surface area contributed by atoms with E-state index >= 15 is 0 Å². The van der Waals surface area contributed by atoms with Gasteiger partial charge in [0.1, 0.15) is 11.6 Å². The van der Waals surface area contributed by atoms with Crippen LogP contribution in [0.25, 0.3) is 11.3 Å². The number of nitrogens with one attached hydrogen (secondary N) is 1. The number of halogens is 1. The molecule has 3 aromatic rings. The van der Waals surface area contributed by atoms with E-state index in [2.05, 4.69) is 10.4 Å². The second-order valence-electron chi connectivity index (χ2n) is 5.20. The molecule has 0 aliphatic carbocycles. The monoisotopic (exact) mass is 341 g/mol. The second-order valence-corrected chi connectivity index (χ2v) is 5.64. The van der Waals surface area contributed by atoms with Crippen molar-refractivity contribution in [3.8, 4) is 17.0 Å². The summed E-state index contributed by atoms with van der Waals surface area (Å²) in [7, 11) is 3.31. The first-order valence-electron chi connectivity index (χ1n) is 7.33. The van der Waals surface area contributed by atoms with E-state index < -0.39 is 0 Å². The first kappa shape index (κ1) is 16.1. The molecule has 2 aromatic carbocycles. The molecule has 0 radical (unpaired) electrons. The van der Waals surface area contributed by atoms with Crippen LogP contribution >= 0.6 is 11.6 Å². The van der Waals surface area contributed by atoms with Crippen LogP contribution in [0, 0.1) is 0 Å². The highest BCUT2D eigenvalue weighted by atomic mass is 35.5. The number of amides is 1. The lowest BCUT2D eigenvalue weighted by Crippen LogP contribution is -2.15. The van der Waals surface area contributed by atoms with Gasteiger partial charge in [-0.15, -0.1) is 0 Å². The number of benzene rings is 2. The van der Waals surface area contributed by atoms with E-state index in [1.807, 2.05) is 24.3 Å². The van der Waals surface area contributed by atoms with Crippen molar-refractivity contribution in [1.29, 1.82) is 0 Å². The highest BCUT2D eigenvalue weighted by molar-refractivity contribution is 6.30. The predicted molar refractivity (Wildman–Crippen MR) is 94.6 cm³/mol. The maximum Gasteiger partial charge on any atom is 0.260 e. The van der Waals surface area contributed by atoms with Gasteiger partial charge in [-0.3, -0.25) is 9.48 Å². The lowest BCUT2D eigenvalue weighted by molar-refractivity contribution is 0.102. The van der Waals surface area contributed by atoms with Gasteiger partial charge in [-0.2, -0.15) is 5.10 Å². The zero-order chi connectivity index (χ0) is 17.1. The number of anilines is 1. The maximum atomic E-state index is 12.5. The molecule has 0 fully saturated rings. The standard InChI is InChI=1S/C18H16ClN3O2/c1-22-17(11-15(21-22)12-7-9-13(19)10-8-12)20-18(23)14-5-3-4-6-16(14)24-2/h3-11H,1-2H3,(H,20,23). The van der Waals surface area contributed by atoms with Crippen LogP contribution in [0.4, 0.5) is 5.82 Å². The number of aromatic nitrogens is 2. The van der Waals surface area contributed by atoms with Crippen LogP contribution < -0.4 is 10.1 Å². The number of nitrogens with zero attached hydrogens (tertiary/aromatic N) is 2. The Kier molecular flexibility index (Phi) is 4.53. The molecule has 3 rings (SSSR count). The van der Waals surface area contributed by atoms with Gasteiger partial charge in [0.2, 0.25) is 0 Å². The summed E-state index contributed by atoms with van der Waals surface area (Å²) in [6.07, 6.45) is 0. The number of hydrogen-bond donors (Lipinski definition) is 1. The number of aryl methyl sites for hydroxylation is 1. The van der Waals surface area contributed by atoms with E-state index in [1.165, 1.54) is 7.11 Å². The summed E-state index contributed by atoms with van der Waals surface area (Å²) in [6, 6.07) is 16.3. The SMILES string of the molecule is COc1ccccc1C(=O)Nc1cc(-c2ccc(Cl)cc2)nn1C. The average molecular weight is 342 g/mol. The lowest BCUT2D eigenvalue weighted by atomic mass is 10.1. The molecule has 6 heteroatoms. The molecule has 1 heterocycles. The van der Waals surface area contributed by atoms with Gasteiger partial charge >= 0.3 is 0 Å². The van der Waals surface area contributed by atoms with E-state index in [-0.39, 0.29) is 5.91 Å². The number of carbonyl (C=O) groups excluding carboxylic acids is 1. The molecule has 1 N–H and O–H groups in total. The van der Waals surface area contributed by atoms with Gasteiger partial charge in [-0.05, 0) is 24.3 Å². The van der Waals surface area contributed by atoms with Crippen LogP contribution in [0.15, 0.2) is 54.6 Å². The number of hydrogen-bond acceptors (Lipinski definition) is 3. The minimum Gasteiger partial charge on any atom is -0.496 e. The molecule has 24 heavy (non-hydrogen) atoms. The summed E-state index contributed by atoms with van der Waals surface area (Å²) in [5, 5.41) is 7.95. The van der Waals surface area contributed by atoms with Crippen LogP contribution in [-0.4, -0.2) is 22.8 Å². The molecule has 122 valence electrons. The van der Waals surface area contributed by atoms with Gasteiger partial charge < -0.3 is 10.1 Å². The summed E-state index contributed by atoms with van der Waals surface area (Å²) in [6.45, 7) is 0. The van der Waals surface area contributed by atoms with E-state index in [4.69, 9.17) is 16.3 Å². The summed E-state index contributed by atoms with van der Waals surface area (Å²) in [5.41, 5.74) is 2.14. The Hall–Kier alpha value is -2.79. The molecule has 1 amide bonds. The molecule has 0 unspecified atom stereocenters. The highest BCUT2D eigenvalue weighted by Gasteiger charge is 2.14. The van der Waals surface area contributed by atoms with E-state index in [0.717, 1.165) is 11.3 Å². The van der Waals surface area contributed by atoms with Crippen molar-refractivity contribution >= 4 is 23.3 Å². The Morgan fingerprint density at radius 2 is 1.88 bits per heavy atom. The van der Waals surface area contributed by atoms with Crippen LogP contribution in [0.2, 0.25) is 5.02 Å². The zero-order valence-corrected chi connectivity index (χ0v) is 14.0. The van der Waals surface area contributed by atoms with Gasteiger partial charge in [-0.25, -0.2) is 0 Å². The van der Waals surface area contributed by atoms with Gasteiger partial charge in [0.25, 0.3) is 5.91 Å². The molecule has 0 saturated carbocycles. The smallest absolute Gasteiger partial charge is 0.260 e. The van der Waals surface area contributed by atoms with Crippen molar-refractivity contribution < 1.29 is 9.53 Å². The van der Waals surface area contributed by atoms with E-state index in [1.54, 1.807) is 42.1 Å². The first-order valence-corrected chi connectivity index (χ1v) is 7.70. The fourth-order valence-electron chi connectivity index (χ4n) is 2.36. The molecule has 0 bridgehead atoms. The lowest BCUT2D eigenvalue weighted by Gasteiger charge is -2.08. The van der Waals surface area contributed by atoms with Crippen molar-refractivity contribution in [3.63, 3.8) is 0 Å². The Bertz CT molecular complexity index is 872. The Labute approximate surface area is 144 Å². The number of carbonyl (C=O) groups is 1. The third-order valence-electron chi connectivity index (χ3n) is 3.61. The molecule has 5 nitrogen and oxygen atoms in total. The Morgan fingerprint density at radius 3 is 2.58 bits per heavy atom. The Balaban J connectivity index is 1.85. The van der Waals surface area contributed by atoms with Crippen molar-refractivity contribution in [3.05, 3.63) is 65.2 Å². The quantitative estimate of drug-likeness (QED) is 0.780. The number of rotatable bonds is 4. The largest absolute Gasteiger partial charge is 0.496 e. The van der Waals surface area contributed by atoms with Crippen LogP contribution in [0.3, 0.4) is 0 Å². The fourth-order valence-corrected chi connectivity index (χ4v) is 2.49. The maximum absolute atomic E-state index is 12.5. The number of methoxy groups -OCH3 is 1. The molecule has 0 aliphatic heterocycles. The van der Waals surface area contributed by atoms with Crippen molar-refractivity contribution in [2.24, 2.45) is 7.05 Å². The predicted octanol–water partition coefficient (Wildman–Crippen LogP) is 4.00. The minimum absolute atomic E-state index is 0.252. The summed E-state index contributed by atoms with van der Waals surface area (Å²) in [4.78, 5) is 12.5. The second kappa shape index (κ2) is 6.76. The van der Waals surface area contributed by atoms with Crippen molar-refractivity contribution in [1.82, 2.24) is 9.78 Å². The summed E-state index contributed by atoms with van der Waals surface area (Å²) < 4.78 is 6.85. The summed E-state index contributed by atoms with van der Waals surface area (Å²) >= 11 is 5.91. The van der Waals surface area contributed by atoms with Gasteiger partial charge in [0.15, 0.2) is 0 Å². The first-order chi connectivity index (χ1) is 11.6. The van der Waals surface area contributed by atoms with Gasteiger partial charge in [-0.1, -0.05) is 35.9 Å². The normalized spacial score (nSPS) is 10.5. The fraction of sp³-hybridized carbons (Fsp3) is 0.111. The van der Waals surface area contributed by atoms with Crippen LogP contribution in [0.1, 0.15) is 10.4 Å². The van der Waals surface area contributed by atoms with Crippen LogP contribution in [0.5, 0.6) is 5.75 Å². The molecule has 0 atom stereocenters. The number of para-hydroxylation sites is 1.